The minimum atomic E-state index is -0.965. The predicted octanol–water partition coefficient (Wildman–Crippen LogP) is 3.52. The van der Waals surface area contributed by atoms with E-state index in [1.165, 1.54) is 34.5 Å². The van der Waals surface area contributed by atoms with Crippen molar-refractivity contribution >= 4 is 29.0 Å². The van der Waals surface area contributed by atoms with Crippen molar-refractivity contribution in [1.82, 2.24) is 19.9 Å². The van der Waals surface area contributed by atoms with Gasteiger partial charge < -0.3 is 5.32 Å². The molecule has 9 heteroatoms. The average molecular weight is 425 g/mol. The second-order valence-electron chi connectivity index (χ2n) is 7.11. The van der Waals surface area contributed by atoms with E-state index >= 15 is 0 Å². The van der Waals surface area contributed by atoms with Crippen molar-refractivity contribution in [3.63, 3.8) is 0 Å². The molecule has 1 N–H and O–H groups in total. The second-order valence-corrected chi connectivity index (χ2v) is 7.72. The Morgan fingerprint density at radius 1 is 1.10 bits per heavy atom. The van der Waals surface area contributed by atoms with Gasteiger partial charge in [0, 0.05) is 29.5 Å². The molecule has 2 heterocycles. The minimum Gasteiger partial charge on any atom is -0.351 e. The zero-order valence-electron chi connectivity index (χ0n) is 16.1. The summed E-state index contributed by atoms with van der Waals surface area (Å²) in [5, 5.41) is 8.48. The van der Waals surface area contributed by atoms with Crippen LogP contribution < -0.4 is 10.2 Å². The van der Waals surface area contributed by atoms with Gasteiger partial charge in [-0.15, -0.1) is 5.10 Å². The van der Waals surface area contributed by atoms with Crippen molar-refractivity contribution in [1.29, 1.82) is 0 Å². The van der Waals surface area contributed by atoms with Crippen LogP contribution in [-0.2, 0) is 4.79 Å². The van der Waals surface area contributed by atoms with Crippen LogP contribution in [0.25, 0.3) is 0 Å². The van der Waals surface area contributed by atoms with Crippen LogP contribution in [0.4, 0.5) is 10.1 Å². The number of carbonyl (C=O) groups is 2. The highest BCUT2D eigenvalue weighted by Gasteiger charge is 2.35. The monoisotopic (exact) mass is 425 g/mol. The van der Waals surface area contributed by atoms with Crippen LogP contribution in [0.3, 0.4) is 0 Å². The van der Waals surface area contributed by atoms with Gasteiger partial charge in [0.15, 0.2) is 5.69 Å². The molecule has 1 fully saturated rings. The highest BCUT2D eigenvalue weighted by molar-refractivity contribution is 7.03. The normalized spacial score (nSPS) is 15.0. The molecular formula is C21H20FN5O2S. The number of hydrogen-bond donors (Lipinski definition) is 1. The molecule has 1 aliphatic rings. The number of nitrogens with zero attached hydrogens (tertiary/aromatic N) is 4. The fourth-order valence-corrected chi connectivity index (χ4v) is 4.11. The number of rotatable bonds is 6. The number of aromatic nitrogens is 3. The molecule has 154 valence electrons. The van der Waals surface area contributed by atoms with E-state index in [-0.39, 0.29) is 17.6 Å². The van der Waals surface area contributed by atoms with Gasteiger partial charge in [0.2, 0.25) is 5.91 Å². The molecule has 1 saturated carbocycles. The van der Waals surface area contributed by atoms with Crippen LogP contribution in [-0.4, -0.2) is 32.4 Å². The Kier molecular flexibility index (Phi) is 6.08. The summed E-state index contributed by atoms with van der Waals surface area (Å²) in [6.07, 6.45) is 7.10. The van der Waals surface area contributed by atoms with Gasteiger partial charge in [0.1, 0.15) is 11.9 Å². The van der Waals surface area contributed by atoms with E-state index in [1.807, 2.05) is 0 Å². The molecule has 0 unspecified atom stereocenters. The Morgan fingerprint density at radius 3 is 2.43 bits per heavy atom. The summed E-state index contributed by atoms with van der Waals surface area (Å²) in [5.41, 5.74) is 1.11. The number of nitrogens with one attached hydrogen (secondary N) is 1. The van der Waals surface area contributed by atoms with Gasteiger partial charge in [-0.05, 0) is 66.3 Å². The van der Waals surface area contributed by atoms with Gasteiger partial charge in [0.05, 0.1) is 0 Å². The molecule has 7 nitrogen and oxygen atoms in total. The zero-order valence-corrected chi connectivity index (χ0v) is 16.9. The molecule has 0 saturated heterocycles. The minimum absolute atomic E-state index is 0.0768. The molecule has 0 bridgehead atoms. The first-order valence-electron chi connectivity index (χ1n) is 9.70. The van der Waals surface area contributed by atoms with E-state index in [9.17, 15) is 14.0 Å². The molecule has 3 aromatic rings. The van der Waals surface area contributed by atoms with Crippen LogP contribution in [0.1, 0.15) is 47.8 Å². The molecule has 0 spiro atoms. The number of halogens is 1. The van der Waals surface area contributed by atoms with Crippen molar-refractivity contribution in [2.45, 2.75) is 37.8 Å². The Hall–Kier alpha value is -3.20. The number of hydrogen-bond acceptors (Lipinski definition) is 6. The van der Waals surface area contributed by atoms with E-state index in [4.69, 9.17) is 0 Å². The topological polar surface area (TPSA) is 88.1 Å². The highest BCUT2D eigenvalue weighted by Crippen LogP contribution is 2.30. The number of amides is 2. The molecular weight excluding hydrogens is 405 g/mol. The fourth-order valence-electron chi connectivity index (χ4n) is 3.68. The standard InChI is InChI=1S/C21H20FN5O2S/c22-15-5-7-17(8-6-15)27(21(29)18-13-30-26-25-18)19(14-9-11-23-12-10-14)20(28)24-16-3-1-2-4-16/h5-13,16,19H,1-4H2,(H,24,28)/t19-/m1/s1. The van der Waals surface area contributed by atoms with Crippen molar-refractivity contribution in [2.24, 2.45) is 0 Å². The molecule has 1 atom stereocenters. The van der Waals surface area contributed by atoms with Gasteiger partial charge in [0.25, 0.3) is 5.91 Å². The molecule has 1 aliphatic carbocycles. The van der Waals surface area contributed by atoms with E-state index in [2.05, 4.69) is 19.9 Å². The number of benzene rings is 1. The van der Waals surface area contributed by atoms with Crippen LogP contribution in [0, 0.1) is 5.82 Å². The fraction of sp³-hybridized carbons (Fsp3) is 0.286. The van der Waals surface area contributed by atoms with E-state index < -0.39 is 17.8 Å². The van der Waals surface area contributed by atoms with Gasteiger partial charge in [-0.3, -0.25) is 19.5 Å². The van der Waals surface area contributed by atoms with E-state index in [0.29, 0.717) is 11.3 Å². The molecule has 0 aliphatic heterocycles. The highest BCUT2D eigenvalue weighted by atomic mass is 32.1. The maximum atomic E-state index is 13.6. The summed E-state index contributed by atoms with van der Waals surface area (Å²) >= 11 is 1.05. The van der Waals surface area contributed by atoms with Crippen molar-refractivity contribution < 1.29 is 14.0 Å². The van der Waals surface area contributed by atoms with Gasteiger partial charge >= 0.3 is 0 Å². The molecule has 2 aromatic heterocycles. The maximum absolute atomic E-state index is 13.6. The lowest BCUT2D eigenvalue weighted by Crippen LogP contribution is -2.46. The first-order chi connectivity index (χ1) is 14.6. The Bertz CT molecular complexity index is 992. The van der Waals surface area contributed by atoms with Crippen molar-refractivity contribution in [2.75, 3.05) is 4.90 Å². The molecule has 0 radical (unpaired) electrons. The molecule has 30 heavy (non-hydrogen) atoms. The van der Waals surface area contributed by atoms with Crippen LogP contribution >= 0.6 is 11.5 Å². The predicted molar refractivity (Wildman–Crippen MR) is 110 cm³/mol. The molecule has 2 amide bonds. The second kappa shape index (κ2) is 9.08. The summed E-state index contributed by atoms with van der Waals surface area (Å²) in [7, 11) is 0. The van der Waals surface area contributed by atoms with Gasteiger partial charge in [-0.2, -0.15) is 0 Å². The largest absolute Gasteiger partial charge is 0.351 e. The third-order valence-corrected chi connectivity index (χ3v) is 5.64. The molecule has 1 aromatic carbocycles. The molecule has 4 rings (SSSR count). The third-order valence-electron chi connectivity index (χ3n) is 5.13. The van der Waals surface area contributed by atoms with E-state index in [0.717, 1.165) is 37.2 Å². The van der Waals surface area contributed by atoms with Gasteiger partial charge in [-0.25, -0.2) is 4.39 Å². The number of pyridine rings is 1. The summed E-state index contributed by atoms with van der Waals surface area (Å²) in [4.78, 5) is 32.2. The van der Waals surface area contributed by atoms with Crippen LogP contribution in [0.15, 0.2) is 54.2 Å². The van der Waals surface area contributed by atoms with Crippen LogP contribution in [0.2, 0.25) is 0 Å². The summed E-state index contributed by atoms with van der Waals surface area (Å²) in [6, 6.07) is 7.97. The third kappa shape index (κ3) is 4.35. The first kappa shape index (κ1) is 20.1. The Morgan fingerprint density at radius 2 is 1.80 bits per heavy atom. The average Bonchev–Trinajstić information content (AvgIpc) is 3.47. The first-order valence-corrected chi connectivity index (χ1v) is 10.5. The SMILES string of the molecule is O=C(NC1CCCC1)[C@@H](c1ccncc1)N(C(=O)c1csnn1)c1ccc(F)cc1. The van der Waals surface area contributed by atoms with Crippen LogP contribution in [0.5, 0.6) is 0 Å². The van der Waals surface area contributed by atoms with Crippen molar-refractivity contribution in [3.05, 3.63) is 71.2 Å². The lowest BCUT2D eigenvalue weighted by molar-refractivity contribution is -0.123. The summed E-state index contributed by atoms with van der Waals surface area (Å²) in [5.74, 6) is -1.22. The van der Waals surface area contributed by atoms with Crippen molar-refractivity contribution in [3.8, 4) is 0 Å². The Balaban J connectivity index is 1.78. The smallest absolute Gasteiger partial charge is 0.280 e. The summed E-state index contributed by atoms with van der Waals surface area (Å²) < 4.78 is 17.3. The quantitative estimate of drug-likeness (QED) is 0.653. The zero-order chi connectivity index (χ0) is 20.9. The Labute approximate surface area is 177 Å². The summed E-state index contributed by atoms with van der Waals surface area (Å²) in [6.45, 7) is 0. The number of carbonyl (C=O) groups excluding carboxylic acids is 2. The van der Waals surface area contributed by atoms with E-state index in [1.54, 1.807) is 24.5 Å². The lowest BCUT2D eigenvalue weighted by Gasteiger charge is -2.31. The lowest BCUT2D eigenvalue weighted by atomic mass is 10.0. The van der Waals surface area contributed by atoms with Gasteiger partial charge in [-0.1, -0.05) is 17.3 Å². The number of anilines is 1. The maximum Gasteiger partial charge on any atom is 0.280 e.